The number of nitrogen functional groups attached to an aromatic ring is 1. The first-order valence-electron chi connectivity index (χ1n) is 5.10. The molecule has 0 unspecified atom stereocenters. The van der Waals surface area contributed by atoms with Crippen molar-refractivity contribution in [2.45, 2.75) is 0 Å². The van der Waals surface area contributed by atoms with Crippen LogP contribution in [0.3, 0.4) is 0 Å². The smallest absolute Gasteiger partial charge is 0.257 e. The lowest BCUT2D eigenvalue weighted by Crippen LogP contribution is -2.32. The van der Waals surface area contributed by atoms with E-state index in [9.17, 15) is 4.79 Å². The second-order valence-electron chi connectivity index (χ2n) is 3.43. The van der Waals surface area contributed by atoms with E-state index in [1.54, 1.807) is 12.1 Å². The van der Waals surface area contributed by atoms with Gasteiger partial charge in [0, 0.05) is 5.69 Å². The summed E-state index contributed by atoms with van der Waals surface area (Å²) in [6, 6.07) is 8.33. The number of ether oxygens (including phenoxy) is 1. The van der Waals surface area contributed by atoms with Crippen LogP contribution in [0.4, 0.5) is 5.69 Å². The standard InChI is InChI=1S/C12H12N4O2/c1-18-9-2-3-11(15)10(8-9)12(17)16(6-4-13)7-5-14/h2-3,8H,6-7,15H2,1H3. The highest BCUT2D eigenvalue weighted by Gasteiger charge is 2.18. The van der Waals surface area contributed by atoms with E-state index in [0.717, 1.165) is 4.90 Å². The molecule has 0 aliphatic carbocycles. The summed E-state index contributed by atoms with van der Waals surface area (Å²) in [5.74, 6) is 0.0240. The summed E-state index contributed by atoms with van der Waals surface area (Å²) in [6.07, 6.45) is 0. The van der Waals surface area contributed by atoms with Gasteiger partial charge in [-0.3, -0.25) is 4.79 Å². The molecule has 0 saturated heterocycles. The molecule has 0 saturated carbocycles. The maximum Gasteiger partial charge on any atom is 0.257 e. The lowest BCUT2D eigenvalue weighted by Gasteiger charge is -2.17. The third kappa shape index (κ3) is 2.89. The number of nitrogens with zero attached hydrogens (tertiary/aromatic N) is 3. The number of nitrogens with two attached hydrogens (primary N) is 1. The first-order chi connectivity index (χ1) is 8.63. The molecule has 0 aromatic heterocycles. The van der Waals surface area contributed by atoms with Gasteiger partial charge >= 0.3 is 0 Å². The minimum atomic E-state index is -0.463. The molecule has 92 valence electrons. The third-order valence-corrected chi connectivity index (χ3v) is 2.30. The fourth-order valence-electron chi connectivity index (χ4n) is 1.39. The van der Waals surface area contributed by atoms with E-state index in [2.05, 4.69) is 0 Å². The Bertz CT molecular complexity index is 512. The first kappa shape index (κ1) is 13.3. The molecule has 0 radical (unpaired) electrons. The Labute approximate surface area is 105 Å². The second kappa shape index (κ2) is 6.12. The molecule has 0 heterocycles. The van der Waals surface area contributed by atoms with Crippen molar-refractivity contribution in [2.75, 3.05) is 25.9 Å². The quantitative estimate of drug-likeness (QED) is 0.622. The summed E-state index contributed by atoms with van der Waals surface area (Å²) in [6.45, 7) is -0.327. The molecular weight excluding hydrogens is 232 g/mol. The van der Waals surface area contributed by atoms with Crippen molar-refractivity contribution in [1.82, 2.24) is 4.90 Å². The van der Waals surface area contributed by atoms with Crippen LogP contribution in [-0.4, -0.2) is 31.0 Å². The average Bonchev–Trinajstić information content (AvgIpc) is 2.38. The Morgan fingerprint density at radius 3 is 2.50 bits per heavy atom. The zero-order chi connectivity index (χ0) is 13.5. The van der Waals surface area contributed by atoms with Gasteiger partial charge in [0.2, 0.25) is 0 Å². The fraction of sp³-hybridized carbons (Fsp3) is 0.250. The molecule has 0 atom stereocenters. The molecule has 1 aromatic rings. The van der Waals surface area contributed by atoms with Gasteiger partial charge in [-0.1, -0.05) is 0 Å². The van der Waals surface area contributed by atoms with E-state index in [4.69, 9.17) is 21.0 Å². The summed E-state index contributed by atoms with van der Waals surface area (Å²) in [7, 11) is 1.47. The van der Waals surface area contributed by atoms with Gasteiger partial charge in [-0.2, -0.15) is 10.5 Å². The van der Waals surface area contributed by atoms with Gasteiger partial charge in [0.05, 0.1) is 24.8 Å². The highest BCUT2D eigenvalue weighted by molar-refractivity contribution is 5.99. The molecule has 0 aliphatic heterocycles. The molecule has 2 N–H and O–H groups in total. The highest BCUT2D eigenvalue weighted by atomic mass is 16.5. The van der Waals surface area contributed by atoms with Crippen molar-refractivity contribution in [3.8, 4) is 17.9 Å². The number of carbonyl (C=O) groups is 1. The molecule has 0 bridgehead atoms. The van der Waals surface area contributed by atoms with Crippen molar-refractivity contribution >= 4 is 11.6 Å². The summed E-state index contributed by atoms with van der Waals surface area (Å²) >= 11 is 0. The lowest BCUT2D eigenvalue weighted by molar-refractivity contribution is 0.0795. The minimum absolute atomic E-state index is 0.164. The fourth-order valence-corrected chi connectivity index (χ4v) is 1.39. The average molecular weight is 244 g/mol. The van der Waals surface area contributed by atoms with Crippen LogP contribution in [0.1, 0.15) is 10.4 Å². The monoisotopic (exact) mass is 244 g/mol. The van der Waals surface area contributed by atoms with Crippen LogP contribution in [0.15, 0.2) is 18.2 Å². The van der Waals surface area contributed by atoms with Crippen LogP contribution in [-0.2, 0) is 0 Å². The number of rotatable bonds is 4. The van der Waals surface area contributed by atoms with E-state index in [-0.39, 0.29) is 24.3 Å². The Hall–Kier alpha value is -2.73. The second-order valence-corrected chi connectivity index (χ2v) is 3.43. The van der Waals surface area contributed by atoms with Crippen LogP contribution in [0, 0.1) is 22.7 Å². The maximum atomic E-state index is 12.1. The first-order valence-corrected chi connectivity index (χ1v) is 5.10. The van der Waals surface area contributed by atoms with Crippen LogP contribution in [0.5, 0.6) is 5.75 Å². The van der Waals surface area contributed by atoms with E-state index in [0.29, 0.717) is 5.75 Å². The number of methoxy groups -OCH3 is 1. The normalized spacial score (nSPS) is 9.06. The van der Waals surface area contributed by atoms with E-state index in [1.165, 1.54) is 13.2 Å². The van der Waals surface area contributed by atoms with E-state index >= 15 is 0 Å². The summed E-state index contributed by atoms with van der Waals surface area (Å²) in [4.78, 5) is 13.2. The largest absolute Gasteiger partial charge is 0.497 e. The van der Waals surface area contributed by atoms with Crippen molar-refractivity contribution < 1.29 is 9.53 Å². The highest BCUT2D eigenvalue weighted by Crippen LogP contribution is 2.20. The van der Waals surface area contributed by atoms with E-state index in [1.807, 2.05) is 12.1 Å². The number of nitriles is 2. The zero-order valence-corrected chi connectivity index (χ0v) is 9.88. The molecule has 18 heavy (non-hydrogen) atoms. The summed E-state index contributed by atoms with van der Waals surface area (Å²) in [5.41, 5.74) is 6.21. The number of anilines is 1. The Morgan fingerprint density at radius 2 is 2.00 bits per heavy atom. The van der Waals surface area contributed by atoms with Crippen molar-refractivity contribution in [3.05, 3.63) is 23.8 Å². The number of amides is 1. The zero-order valence-electron chi connectivity index (χ0n) is 9.88. The molecule has 1 amide bonds. The van der Waals surface area contributed by atoms with Crippen LogP contribution in [0.25, 0.3) is 0 Å². The molecule has 0 aliphatic rings. The van der Waals surface area contributed by atoms with Crippen molar-refractivity contribution in [3.63, 3.8) is 0 Å². The van der Waals surface area contributed by atoms with E-state index < -0.39 is 5.91 Å². The minimum Gasteiger partial charge on any atom is -0.497 e. The predicted molar refractivity (Wildman–Crippen MR) is 64.5 cm³/mol. The SMILES string of the molecule is COc1ccc(N)c(C(=O)N(CC#N)CC#N)c1. The van der Waals surface area contributed by atoms with Gasteiger partial charge in [-0.15, -0.1) is 0 Å². The third-order valence-electron chi connectivity index (χ3n) is 2.30. The van der Waals surface area contributed by atoms with Crippen molar-refractivity contribution in [1.29, 1.82) is 10.5 Å². The number of hydrogen-bond donors (Lipinski definition) is 1. The van der Waals surface area contributed by atoms with Crippen molar-refractivity contribution in [2.24, 2.45) is 0 Å². The Balaban J connectivity index is 3.08. The molecular formula is C12H12N4O2. The summed E-state index contributed by atoms with van der Waals surface area (Å²) in [5, 5.41) is 17.2. The molecule has 1 aromatic carbocycles. The lowest BCUT2D eigenvalue weighted by atomic mass is 10.1. The van der Waals surface area contributed by atoms with Gasteiger partial charge < -0.3 is 15.4 Å². The predicted octanol–water partition coefficient (Wildman–Crippen LogP) is 0.767. The number of hydrogen-bond acceptors (Lipinski definition) is 5. The Morgan fingerprint density at radius 1 is 1.39 bits per heavy atom. The van der Waals surface area contributed by atoms with Gasteiger partial charge in [0.25, 0.3) is 5.91 Å². The van der Waals surface area contributed by atoms with Gasteiger partial charge in [0.15, 0.2) is 0 Å². The number of benzene rings is 1. The van der Waals surface area contributed by atoms with Gasteiger partial charge in [-0.25, -0.2) is 0 Å². The van der Waals surface area contributed by atoms with Crippen LogP contribution in [0.2, 0.25) is 0 Å². The molecule has 1 rings (SSSR count). The van der Waals surface area contributed by atoms with Gasteiger partial charge in [-0.05, 0) is 18.2 Å². The molecule has 0 fully saturated rings. The summed E-state index contributed by atoms with van der Waals surface area (Å²) < 4.78 is 5.00. The molecule has 6 heteroatoms. The number of carbonyl (C=O) groups excluding carboxylic acids is 1. The molecule has 0 spiro atoms. The Kier molecular flexibility index (Phi) is 4.53. The van der Waals surface area contributed by atoms with Gasteiger partial charge in [0.1, 0.15) is 18.8 Å². The van der Waals surface area contributed by atoms with Crippen LogP contribution < -0.4 is 10.5 Å². The topological polar surface area (TPSA) is 103 Å². The van der Waals surface area contributed by atoms with Crippen LogP contribution >= 0.6 is 0 Å². The molecule has 6 nitrogen and oxygen atoms in total. The maximum absolute atomic E-state index is 12.1.